The summed E-state index contributed by atoms with van der Waals surface area (Å²) in [6.45, 7) is 3.56. The molecule has 1 aliphatic carbocycles. The van der Waals surface area contributed by atoms with E-state index >= 15 is 0 Å². The lowest BCUT2D eigenvalue weighted by Crippen LogP contribution is -2.30. The normalized spacial score (nSPS) is 15.5. The van der Waals surface area contributed by atoms with Crippen LogP contribution in [0.15, 0.2) is 18.2 Å². The molecule has 0 aliphatic heterocycles. The van der Waals surface area contributed by atoms with Crippen molar-refractivity contribution in [1.29, 1.82) is 0 Å². The van der Waals surface area contributed by atoms with E-state index in [1.165, 1.54) is 37.7 Å². The van der Waals surface area contributed by atoms with E-state index < -0.39 is 0 Å². The van der Waals surface area contributed by atoms with Gasteiger partial charge in [-0.1, -0.05) is 25.3 Å². The van der Waals surface area contributed by atoms with E-state index in [2.05, 4.69) is 17.4 Å². The second-order valence-corrected chi connectivity index (χ2v) is 5.13. The molecule has 4 heteroatoms. The number of ether oxygens (including phenoxy) is 2. The molecule has 114 valence electrons. The standard InChI is InChI=1S/C16H25NO2.ClH/c1-3-19-15-10-9-13(11-16(15)18-2)12-17-14-7-5-4-6-8-14;/h9-11,14,17H,3-8,12H2,1-2H3;1H. The Labute approximate surface area is 128 Å². The fourth-order valence-electron chi connectivity index (χ4n) is 2.67. The summed E-state index contributed by atoms with van der Waals surface area (Å²) in [6, 6.07) is 6.87. The molecule has 1 saturated carbocycles. The van der Waals surface area contributed by atoms with Gasteiger partial charge in [0.05, 0.1) is 13.7 Å². The van der Waals surface area contributed by atoms with Crippen LogP contribution in [-0.2, 0) is 6.54 Å². The molecule has 1 fully saturated rings. The first-order chi connectivity index (χ1) is 9.33. The molecule has 0 spiro atoms. The Hall–Kier alpha value is -0.930. The first kappa shape index (κ1) is 17.1. The summed E-state index contributed by atoms with van der Waals surface area (Å²) in [4.78, 5) is 0. The van der Waals surface area contributed by atoms with Gasteiger partial charge in [-0.05, 0) is 37.5 Å². The fraction of sp³-hybridized carbons (Fsp3) is 0.625. The quantitative estimate of drug-likeness (QED) is 0.863. The smallest absolute Gasteiger partial charge is 0.161 e. The Morgan fingerprint density at radius 3 is 2.55 bits per heavy atom. The molecular weight excluding hydrogens is 274 g/mol. The van der Waals surface area contributed by atoms with Crippen LogP contribution < -0.4 is 14.8 Å². The zero-order valence-corrected chi connectivity index (χ0v) is 13.3. The van der Waals surface area contributed by atoms with Gasteiger partial charge in [0.1, 0.15) is 0 Å². The summed E-state index contributed by atoms with van der Waals surface area (Å²) in [5.41, 5.74) is 1.26. The molecule has 2 rings (SSSR count). The number of methoxy groups -OCH3 is 1. The van der Waals surface area contributed by atoms with E-state index in [1.54, 1.807) is 7.11 Å². The van der Waals surface area contributed by atoms with Crippen molar-refractivity contribution in [2.75, 3.05) is 13.7 Å². The number of halogens is 1. The van der Waals surface area contributed by atoms with Crippen LogP contribution in [0.25, 0.3) is 0 Å². The van der Waals surface area contributed by atoms with E-state index in [0.717, 1.165) is 18.0 Å². The van der Waals surface area contributed by atoms with E-state index in [-0.39, 0.29) is 12.4 Å². The van der Waals surface area contributed by atoms with Gasteiger partial charge in [0, 0.05) is 12.6 Å². The van der Waals surface area contributed by atoms with Crippen LogP contribution in [0.3, 0.4) is 0 Å². The predicted molar refractivity (Wildman–Crippen MR) is 85.1 cm³/mol. The van der Waals surface area contributed by atoms with E-state index in [4.69, 9.17) is 9.47 Å². The van der Waals surface area contributed by atoms with Gasteiger partial charge < -0.3 is 14.8 Å². The van der Waals surface area contributed by atoms with E-state index in [1.807, 2.05) is 13.0 Å². The molecule has 0 bridgehead atoms. The van der Waals surface area contributed by atoms with Crippen molar-refractivity contribution in [3.8, 4) is 11.5 Å². The molecule has 0 aromatic heterocycles. The maximum Gasteiger partial charge on any atom is 0.161 e. The molecule has 0 heterocycles. The summed E-state index contributed by atoms with van der Waals surface area (Å²) in [5, 5.41) is 3.64. The Morgan fingerprint density at radius 2 is 1.90 bits per heavy atom. The van der Waals surface area contributed by atoms with Crippen molar-refractivity contribution in [1.82, 2.24) is 5.32 Å². The number of hydrogen-bond donors (Lipinski definition) is 1. The molecule has 0 radical (unpaired) electrons. The summed E-state index contributed by atoms with van der Waals surface area (Å²) >= 11 is 0. The summed E-state index contributed by atoms with van der Waals surface area (Å²) in [6.07, 6.45) is 6.76. The van der Waals surface area contributed by atoms with Crippen LogP contribution in [0.1, 0.15) is 44.6 Å². The highest BCUT2D eigenvalue weighted by molar-refractivity contribution is 5.85. The SMILES string of the molecule is CCOc1ccc(CNC2CCCCC2)cc1OC.Cl. The molecule has 0 unspecified atom stereocenters. The van der Waals surface area contributed by atoms with Crippen molar-refractivity contribution < 1.29 is 9.47 Å². The maximum atomic E-state index is 5.53. The molecular formula is C16H26ClNO2. The molecule has 1 aromatic carbocycles. The van der Waals surface area contributed by atoms with E-state index in [0.29, 0.717) is 12.6 Å². The van der Waals surface area contributed by atoms with Gasteiger partial charge in [-0.25, -0.2) is 0 Å². The lowest BCUT2D eigenvalue weighted by molar-refractivity contribution is 0.310. The zero-order chi connectivity index (χ0) is 13.5. The molecule has 0 saturated heterocycles. The van der Waals surface area contributed by atoms with E-state index in [9.17, 15) is 0 Å². The van der Waals surface area contributed by atoms with Crippen molar-refractivity contribution in [2.45, 2.75) is 51.6 Å². The largest absolute Gasteiger partial charge is 0.493 e. The number of benzene rings is 1. The molecule has 1 N–H and O–H groups in total. The second-order valence-electron chi connectivity index (χ2n) is 5.13. The highest BCUT2D eigenvalue weighted by Gasteiger charge is 2.13. The molecule has 0 amide bonds. The summed E-state index contributed by atoms with van der Waals surface area (Å²) in [7, 11) is 1.69. The van der Waals surface area contributed by atoms with Gasteiger partial charge in [-0.15, -0.1) is 12.4 Å². The highest BCUT2D eigenvalue weighted by atomic mass is 35.5. The maximum absolute atomic E-state index is 5.53. The van der Waals surface area contributed by atoms with Crippen molar-refractivity contribution in [3.05, 3.63) is 23.8 Å². The Balaban J connectivity index is 0.00000200. The molecule has 0 atom stereocenters. The fourth-order valence-corrected chi connectivity index (χ4v) is 2.67. The van der Waals surface area contributed by atoms with Crippen LogP contribution in [0, 0.1) is 0 Å². The van der Waals surface area contributed by atoms with Crippen LogP contribution in [0.5, 0.6) is 11.5 Å². The molecule has 20 heavy (non-hydrogen) atoms. The second kappa shape index (κ2) is 9.09. The third-order valence-electron chi connectivity index (χ3n) is 3.73. The van der Waals surface area contributed by atoms with Gasteiger partial charge in [-0.3, -0.25) is 0 Å². The first-order valence-corrected chi connectivity index (χ1v) is 7.36. The Kier molecular flexibility index (Phi) is 7.78. The predicted octanol–water partition coefficient (Wildman–Crippen LogP) is 3.94. The average Bonchev–Trinajstić information content (AvgIpc) is 2.47. The van der Waals surface area contributed by atoms with Gasteiger partial charge in [0.25, 0.3) is 0 Å². The zero-order valence-electron chi connectivity index (χ0n) is 12.5. The lowest BCUT2D eigenvalue weighted by Gasteiger charge is -2.23. The minimum atomic E-state index is 0. The number of rotatable bonds is 6. The Morgan fingerprint density at radius 1 is 1.15 bits per heavy atom. The van der Waals surface area contributed by atoms with Gasteiger partial charge in [0.15, 0.2) is 11.5 Å². The van der Waals surface area contributed by atoms with Crippen molar-refractivity contribution in [2.24, 2.45) is 0 Å². The molecule has 1 aromatic rings. The van der Waals surface area contributed by atoms with Crippen LogP contribution in [0.2, 0.25) is 0 Å². The lowest BCUT2D eigenvalue weighted by atomic mass is 9.95. The third-order valence-corrected chi connectivity index (χ3v) is 3.73. The average molecular weight is 300 g/mol. The highest BCUT2D eigenvalue weighted by Crippen LogP contribution is 2.28. The monoisotopic (exact) mass is 299 g/mol. The minimum absolute atomic E-state index is 0. The van der Waals surface area contributed by atoms with Gasteiger partial charge in [0.2, 0.25) is 0 Å². The van der Waals surface area contributed by atoms with Crippen LogP contribution in [-0.4, -0.2) is 19.8 Å². The van der Waals surface area contributed by atoms with Crippen molar-refractivity contribution in [3.63, 3.8) is 0 Å². The van der Waals surface area contributed by atoms with Crippen LogP contribution >= 0.6 is 12.4 Å². The van der Waals surface area contributed by atoms with Crippen molar-refractivity contribution >= 4 is 12.4 Å². The topological polar surface area (TPSA) is 30.5 Å². The number of nitrogens with one attached hydrogen (secondary N) is 1. The minimum Gasteiger partial charge on any atom is -0.493 e. The first-order valence-electron chi connectivity index (χ1n) is 7.36. The third kappa shape index (κ3) is 4.88. The molecule has 1 aliphatic rings. The molecule has 3 nitrogen and oxygen atoms in total. The summed E-state index contributed by atoms with van der Waals surface area (Å²) in [5.74, 6) is 1.65. The van der Waals surface area contributed by atoms with Gasteiger partial charge >= 0.3 is 0 Å². The van der Waals surface area contributed by atoms with Gasteiger partial charge in [-0.2, -0.15) is 0 Å². The van der Waals surface area contributed by atoms with Crippen LogP contribution in [0.4, 0.5) is 0 Å². The summed E-state index contributed by atoms with van der Waals surface area (Å²) < 4.78 is 10.9. The number of hydrogen-bond acceptors (Lipinski definition) is 3. The Bertz CT molecular complexity index is 392.